The smallest absolute Gasteiger partial charge is 0.0641 e. The summed E-state index contributed by atoms with van der Waals surface area (Å²) < 4.78 is 0. The number of rotatable bonds is 9. The molecular formula is C17H26N2. The zero-order valence-corrected chi connectivity index (χ0v) is 12.2. The molecule has 0 fully saturated rings. The Morgan fingerprint density at radius 3 is 2.53 bits per heavy atom. The Morgan fingerprint density at radius 1 is 1.16 bits per heavy atom. The highest BCUT2D eigenvalue weighted by Gasteiger charge is 2.13. The average Bonchev–Trinajstić information content (AvgIpc) is 2.44. The summed E-state index contributed by atoms with van der Waals surface area (Å²) >= 11 is 0. The van der Waals surface area contributed by atoms with Gasteiger partial charge < -0.3 is 5.32 Å². The standard InChI is InChI=1S/C17H26N2/c1-3-4-5-7-10-15(2)19-17(13-14-18)16-11-8-6-9-12-16/h6,8-9,11-12,15,17,19H,3-5,7,10,13H2,1-2H3. The average molecular weight is 258 g/mol. The molecule has 1 aromatic rings. The largest absolute Gasteiger partial charge is 0.307 e. The van der Waals surface area contributed by atoms with E-state index in [1.807, 2.05) is 18.2 Å². The molecule has 1 rings (SSSR count). The van der Waals surface area contributed by atoms with Gasteiger partial charge in [0, 0.05) is 12.1 Å². The lowest BCUT2D eigenvalue weighted by Gasteiger charge is -2.22. The van der Waals surface area contributed by atoms with E-state index in [4.69, 9.17) is 5.26 Å². The van der Waals surface area contributed by atoms with Crippen molar-refractivity contribution < 1.29 is 0 Å². The first-order valence-electron chi connectivity index (χ1n) is 7.45. The van der Waals surface area contributed by atoms with Gasteiger partial charge in [-0.3, -0.25) is 0 Å². The minimum atomic E-state index is 0.160. The van der Waals surface area contributed by atoms with Gasteiger partial charge in [-0.15, -0.1) is 0 Å². The van der Waals surface area contributed by atoms with E-state index in [-0.39, 0.29) is 6.04 Å². The molecule has 2 atom stereocenters. The van der Waals surface area contributed by atoms with E-state index in [1.165, 1.54) is 37.7 Å². The van der Waals surface area contributed by atoms with Gasteiger partial charge >= 0.3 is 0 Å². The van der Waals surface area contributed by atoms with Crippen molar-refractivity contribution >= 4 is 0 Å². The highest BCUT2D eigenvalue weighted by atomic mass is 14.9. The highest BCUT2D eigenvalue weighted by molar-refractivity contribution is 5.20. The van der Waals surface area contributed by atoms with E-state index in [0.717, 1.165) is 0 Å². The summed E-state index contributed by atoms with van der Waals surface area (Å²) in [6, 6.07) is 13.2. The van der Waals surface area contributed by atoms with Gasteiger partial charge in [-0.1, -0.05) is 62.9 Å². The van der Waals surface area contributed by atoms with E-state index >= 15 is 0 Å². The summed E-state index contributed by atoms with van der Waals surface area (Å²) in [5, 5.41) is 12.6. The molecule has 0 aromatic heterocycles. The molecule has 0 amide bonds. The van der Waals surface area contributed by atoms with Crippen LogP contribution in [0.15, 0.2) is 30.3 Å². The Labute approximate surface area is 117 Å². The molecule has 0 heterocycles. The van der Waals surface area contributed by atoms with Crippen molar-refractivity contribution in [1.29, 1.82) is 5.26 Å². The Morgan fingerprint density at radius 2 is 1.89 bits per heavy atom. The molecule has 0 bridgehead atoms. The first kappa shape index (κ1) is 15.7. The normalized spacial score (nSPS) is 13.7. The van der Waals surface area contributed by atoms with Gasteiger partial charge in [-0.05, 0) is 18.9 Å². The Hall–Kier alpha value is -1.33. The zero-order chi connectivity index (χ0) is 13.9. The zero-order valence-electron chi connectivity index (χ0n) is 12.2. The number of hydrogen-bond donors (Lipinski definition) is 1. The van der Waals surface area contributed by atoms with Crippen molar-refractivity contribution in [2.24, 2.45) is 0 Å². The number of unbranched alkanes of at least 4 members (excludes halogenated alkanes) is 3. The Balaban J connectivity index is 2.43. The second-order valence-corrected chi connectivity index (χ2v) is 5.24. The molecule has 1 aromatic carbocycles. The van der Waals surface area contributed by atoms with Crippen LogP contribution in [0.4, 0.5) is 0 Å². The molecule has 0 radical (unpaired) electrons. The van der Waals surface area contributed by atoms with E-state index < -0.39 is 0 Å². The Kier molecular flexibility index (Phi) is 7.93. The molecule has 0 aliphatic heterocycles. The van der Waals surface area contributed by atoms with Gasteiger partial charge in [0.2, 0.25) is 0 Å². The molecule has 19 heavy (non-hydrogen) atoms. The second kappa shape index (κ2) is 9.58. The van der Waals surface area contributed by atoms with Crippen molar-refractivity contribution in [3.8, 4) is 6.07 Å². The number of nitrogens with zero attached hydrogens (tertiary/aromatic N) is 1. The maximum absolute atomic E-state index is 8.97. The summed E-state index contributed by atoms with van der Waals surface area (Å²) in [5.74, 6) is 0. The molecule has 104 valence electrons. The number of benzene rings is 1. The summed E-state index contributed by atoms with van der Waals surface area (Å²) in [6.07, 6.45) is 6.92. The first-order chi connectivity index (χ1) is 9.27. The molecule has 2 unspecified atom stereocenters. The van der Waals surface area contributed by atoms with Gasteiger partial charge in [0.05, 0.1) is 12.5 Å². The third-order valence-corrected chi connectivity index (χ3v) is 3.47. The van der Waals surface area contributed by atoms with E-state index in [0.29, 0.717) is 12.5 Å². The van der Waals surface area contributed by atoms with Crippen LogP contribution in [0.25, 0.3) is 0 Å². The van der Waals surface area contributed by atoms with Crippen LogP contribution in [0.1, 0.15) is 64.0 Å². The number of hydrogen-bond acceptors (Lipinski definition) is 2. The summed E-state index contributed by atoms with van der Waals surface area (Å²) in [5.41, 5.74) is 1.21. The van der Waals surface area contributed by atoms with Gasteiger partial charge in [-0.2, -0.15) is 5.26 Å². The van der Waals surface area contributed by atoms with Crippen molar-refractivity contribution in [1.82, 2.24) is 5.32 Å². The molecule has 0 aliphatic rings. The summed E-state index contributed by atoms with van der Waals surface area (Å²) in [4.78, 5) is 0. The molecular weight excluding hydrogens is 232 g/mol. The second-order valence-electron chi connectivity index (χ2n) is 5.24. The minimum absolute atomic E-state index is 0.160. The number of nitrogens with one attached hydrogen (secondary N) is 1. The molecule has 2 heteroatoms. The lowest BCUT2D eigenvalue weighted by atomic mass is 10.0. The van der Waals surface area contributed by atoms with Crippen molar-refractivity contribution in [3.63, 3.8) is 0 Å². The van der Waals surface area contributed by atoms with Crippen LogP contribution in [0.2, 0.25) is 0 Å². The van der Waals surface area contributed by atoms with Gasteiger partial charge in [0.25, 0.3) is 0 Å². The maximum atomic E-state index is 8.97. The SMILES string of the molecule is CCCCCCC(C)NC(CC#N)c1ccccc1. The van der Waals surface area contributed by atoms with Gasteiger partial charge in [0.1, 0.15) is 0 Å². The fourth-order valence-corrected chi connectivity index (χ4v) is 2.35. The van der Waals surface area contributed by atoms with Crippen LogP contribution in [0.3, 0.4) is 0 Å². The summed E-state index contributed by atoms with van der Waals surface area (Å²) in [7, 11) is 0. The predicted molar refractivity (Wildman–Crippen MR) is 80.8 cm³/mol. The van der Waals surface area contributed by atoms with Crippen LogP contribution in [0.5, 0.6) is 0 Å². The summed E-state index contributed by atoms with van der Waals surface area (Å²) in [6.45, 7) is 4.46. The van der Waals surface area contributed by atoms with Gasteiger partial charge in [-0.25, -0.2) is 0 Å². The van der Waals surface area contributed by atoms with Gasteiger partial charge in [0.15, 0.2) is 0 Å². The van der Waals surface area contributed by atoms with Crippen LogP contribution in [-0.4, -0.2) is 6.04 Å². The van der Waals surface area contributed by atoms with E-state index in [2.05, 4.69) is 37.4 Å². The fourth-order valence-electron chi connectivity index (χ4n) is 2.35. The first-order valence-corrected chi connectivity index (χ1v) is 7.45. The van der Waals surface area contributed by atoms with Crippen LogP contribution >= 0.6 is 0 Å². The van der Waals surface area contributed by atoms with E-state index in [1.54, 1.807) is 0 Å². The number of nitriles is 1. The van der Waals surface area contributed by atoms with Crippen LogP contribution < -0.4 is 5.32 Å². The molecule has 2 nitrogen and oxygen atoms in total. The minimum Gasteiger partial charge on any atom is -0.307 e. The third-order valence-electron chi connectivity index (χ3n) is 3.47. The molecule has 0 saturated carbocycles. The van der Waals surface area contributed by atoms with Crippen LogP contribution in [0, 0.1) is 11.3 Å². The van der Waals surface area contributed by atoms with E-state index in [9.17, 15) is 0 Å². The van der Waals surface area contributed by atoms with Crippen molar-refractivity contribution in [2.75, 3.05) is 0 Å². The van der Waals surface area contributed by atoms with Crippen LogP contribution in [-0.2, 0) is 0 Å². The Bertz CT molecular complexity index is 367. The maximum Gasteiger partial charge on any atom is 0.0641 e. The lowest BCUT2D eigenvalue weighted by molar-refractivity contribution is 0.424. The molecule has 1 N–H and O–H groups in total. The molecule has 0 spiro atoms. The predicted octanol–water partition coefficient (Wildman–Crippen LogP) is 4.59. The topological polar surface area (TPSA) is 35.8 Å². The molecule has 0 aliphatic carbocycles. The van der Waals surface area contributed by atoms with Crippen molar-refractivity contribution in [2.45, 2.75) is 64.5 Å². The fraction of sp³-hybridized carbons (Fsp3) is 0.588. The van der Waals surface area contributed by atoms with Crippen molar-refractivity contribution in [3.05, 3.63) is 35.9 Å². The quantitative estimate of drug-likeness (QED) is 0.658. The lowest BCUT2D eigenvalue weighted by Crippen LogP contribution is -2.30. The molecule has 0 saturated heterocycles. The third kappa shape index (κ3) is 6.40. The highest BCUT2D eigenvalue weighted by Crippen LogP contribution is 2.18. The monoisotopic (exact) mass is 258 g/mol.